The molecule has 0 saturated heterocycles. The summed E-state index contributed by atoms with van der Waals surface area (Å²) < 4.78 is 5.34. The predicted molar refractivity (Wildman–Crippen MR) is 117 cm³/mol. The van der Waals surface area contributed by atoms with Crippen LogP contribution in [0.3, 0.4) is 0 Å². The van der Waals surface area contributed by atoms with Crippen LogP contribution in [0.5, 0.6) is 0 Å². The Balaban J connectivity index is 2.05. The van der Waals surface area contributed by atoms with Crippen molar-refractivity contribution in [3.63, 3.8) is 0 Å². The Morgan fingerprint density at radius 1 is 1.00 bits per heavy atom. The summed E-state index contributed by atoms with van der Waals surface area (Å²) in [6.07, 6.45) is 0.531. The molecule has 0 fully saturated rings. The van der Waals surface area contributed by atoms with Crippen molar-refractivity contribution in [2.45, 2.75) is 20.3 Å². The lowest BCUT2D eigenvalue weighted by Crippen LogP contribution is -2.36. The van der Waals surface area contributed by atoms with Gasteiger partial charge in [0.2, 0.25) is 0 Å². The normalized spacial score (nSPS) is 13.8. The largest absolute Gasteiger partial charge is 0.382 e. The molecule has 8 heteroatoms. The fraction of sp³-hybridized carbons (Fsp3) is 0.304. The van der Waals surface area contributed by atoms with Crippen molar-refractivity contribution in [1.29, 1.82) is 0 Å². The Labute approximate surface area is 180 Å². The molecule has 2 aromatic rings. The van der Waals surface area contributed by atoms with Gasteiger partial charge in [-0.15, -0.1) is 0 Å². The van der Waals surface area contributed by atoms with Gasteiger partial charge in [0.15, 0.2) is 0 Å². The highest BCUT2D eigenvalue weighted by molar-refractivity contribution is 6.36. The fourth-order valence-corrected chi connectivity index (χ4v) is 3.57. The first-order valence-electron chi connectivity index (χ1n) is 10.2. The second-order valence-electron chi connectivity index (χ2n) is 6.92. The molecule has 2 amide bonds. The van der Waals surface area contributed by atoms with Gasteiger partial charge in [-0.3, -0.25) is 24.6 Å². The van der Waals surface area contributed by atoms with Crippen LogP contribution in [-0.4, -0.2) is 47.9 Å². The van der Waals surface area contributed by atoms with Gasteiger partial charge < -0.3 is 9.64 Å². The number of carbonyl (C=O) groups is 2. The maximum absolute atomic E-state index is 13.4. The number of likely N-dealkylation sites (N-methyl/N-ethyl adjacent to an activating group) is 1. The number of rotatable bonds is 10. The molecule has 2 aromatic carbocycles. The predicted octanol–water partition coefficient (Wildman–Crippen LogP) is 3.63. The van der Waals surface area contributed by atoms with Crippen molar-refractivity contribution < 1.29 is 19.2 Å². The van der Waals surface area contributed by atoms with Gasteiger partial charge in [-0.2, -0.15) is 0 Å². The Bertz CT molecular complexity index is 986. The van der Waals surface area contributed by atoms with Crippen LogP contribution < -0.4 is 4.90 Å². The van der Waals surface area contributed by atoms with Crippen molar-refractivity contribution in [1.82, 2.24) is 4.90 Å². The average Bonchev–Trinajstić information content (AvgIpc) is 3.02. The minimum atomic E-state index is -0.497. The van der Waals surface area contributed by atoms with Gasteiger partial charge in [-0.1, -0.05) is 18.2 Å². The van der Waals surface area contributed by atoms with Crippen molar-refractivity contribution in [2.24, 2.45) is 0 Å². The first-order chi connectivity index (χ1) is 15.0. The van der Waals surface area contributed by atoms with E-state index in [9.17, 15) is 19.7 Å². The smallest absolute Gasteiger partial charge is 0.278 e. The first-order valence-corrected chi connectivity index (χ1v) is 10.2. The number of hydrogen-bond donors (Lipinski definition) is 0. The lowest BCUT2D eigenvalue weighted by Gasteiger charge is -2.25. The number of benzene rings is 2. The number of nitro groups is 1. The molecule has 1 aliphatic heterocycles. The molecular formula is C23H25N3O5. The average molecular weight is 423 g/mol. The summed E-state index contributed by atoms with van der Waals surface area (Å²) in [6, 6.07) is 15.1. The van der Waals surface area contributed by atoms with Crippen LogP contribution in [-0.2, 0) is 14.3 Å². The molecule has 8 nitrogen and oxygen atoms in total. The highest BCUT2D eigenvalue weighted by Crippen LogP contribution is 2.34. The fourth-order valence-electron chi connectivity index (χ4n) is 3.57. The Kier molecular flexibility index (Phi) is 7.15. The van der Waals surface area contributed by atoms with E-state index < -0.39 is 10.8 Å². The van der Waals surface area contributed by atoms with Crippen LogP contribution in [0.25, 0.3) is 5.57 Å². The molecule has 31 heavy (non-hydrogen) atoms. The molecule has 0 spiro atoms. The highest BCUT2D eigenvalue weighted by atomic mass is 16.6. The third kappa shape index (κ3) is 4.64. The quantitative estimate of drug-likeness (QED) is 0.251. The van der Waals surface area contributed by atoms with Crippen LogP contribution >= 0.6 is 0 Å². The number of anilines is 1. The van der Waals surface area contributed by atoms with Crippen molar-refractivity contribution in [3.05, 3.63) is 76.0 Å². The van der Waals surface area contributed by atoms with Crippen LogP contribution in [0, 0.1) is 10.1 Å². The summed E-state index contributed by atoms with van der Waals surface area (Å²) in [4.78, 5) is 40.2. The van der Waals surface area contributed by atoms with E-state index in [-0.39, 0.29) is 29.4 Å². The lowest BCUT2D eigenvalue weighted by molar-refractivity contribution is -0.384. The third-order valence-corrected chi connectivity index (χ3v) is 5.04. The van der Waals surface area contributed by atoms with E-state index in [1.807, 2.05) is 44.2 Å². The zero-order valence-corrected chi connectivity index (χ0v) is 17.6. The van der Waals surface area contributed by atoms with Gasteiger partial charge >= 0.3 is 0 Å². The van der Waals surface area contributed by atoms with Crippen molar-refractivity contribution >= 4 is 28.8 Å². The van der Waals surface area contributed by atoms with E-state index in [1.54, 1.807) is 4.90 Å². The second-order valence-corrected chi connectivity index (χ2v) is 6.92. The zero-order valence-electron chi connectivity index (χ0n) is 17.6. The second kappa shape index (κ2) is 9.99. The number of para-hydroxylation sites is 1. The first kappa shape index (κ1) is 22.2. The number of hydrogen-bond acceptors (Lipinski definition) is 6. The van der Waals surface area contributed by atoms with Gasteiger partial charge in [-0.25, -0.2) is 0 Å². The molecule has 0 saturated carbocycles. The van der Waals surface area contributed by atoms with E-state index >= 15 is 0 Å². The molecule has 0 radical (unpaired) electrons. The number of carbonyl (C=O) groups excluding carboxylic acids is 2. The van der Waals surface area contributed by atoms with E-state index in [1.165, 1.54) is 29.2 Å². The number of non-ortho nitro benzene ring substituents is 1. The number of imide groups is 1. The number of ether oxygens (including phenoxy) is 1. The molecule has 0 aromatic heterocycles. The van der Waals surface area contributed by atoms with Gasteiger partial charge in [0.05, 0.1) is 10.5 Å². The number of nitrogens with zero attached hydrogens (tertiary/aromatic N) is 3. The Hall–Kier alpha value is -3.52. The molecule has 1 heterocycles. The lowest BCUT2D eigenvalue weighted by atomic mass is 10.0. The number of nitro benzene ring substituents is 1. The summed E-state index contributed by atoms with van der Waals surface area (Å²) in [5.74, 6) is -0.778. The molecule has 0 aliphatic carbocycles. The Morgan fingerprint density at radius 3 is 2.26 bits per heavy atom. The molecular weight excluding hydrogens is 398 g/mol. The molecule has 0 unspecified atom stereocenters. The summed E-state index contributed by atoms with van der Waals surface area (Å²) in [6.45, 7) is 5.52. The van der Waals surface area contributed by atoms with E-state index in [2.05, 4.69) is 0 Å². The van der Waals surface area contributed by atoms with Gasteiger partial charge in [0.1, 0.15) is 5.70 Å². The van der Waals surface area contributed by atoms with Crippen LogP contribution in [0.1, 0.15) is 25.8 Å². The maximum Gasteiger partial charge on any atom is 0.278 e. The van der Waals surface area contributed by atoms with Gasteiger partial charge in [-0.05, 0) is 50.1 Å². The minimum Gasteiger partial charge on any atom is -0.382 e. The van der Waals surface area contributed by atoms with Crippen molar-refractivity contribution in [3.8, 4) is 0 Å². The summed E-state index contributed by atoms with van der Waals surface area (Å²) in [5, 5.41) is 11.0. The van der Waals surface area contributed by atoms with Crippen LogP contribution in [0.4, 0.5) is 11.4 Å². The third-order valence-electron chi connectivity index (χ3n) is 5.04. The van der Waals surface area contributed by atoms with Gasteiger partial charge in [0.25, 0.3) is 17.5 Å². The monoisotopic (exact) mass is 423 g/mol. The number of amides is 2. The standard InChI is InChI=1S/C23H25N3O5/c1-3-24(18-9-6-5-7-10-18)21-20(17-11-13-19(14-12-17)26(29)30)22(27)25(23(21)28)15-8-16-31-4-2/h5-7,9-14H,3-4,8,15-16H2,1-2H3. The highest BCUT2D eigenvalue weighted by Gasteiger charge is 2.41. The van der Waals surface area contributed by atoms with Gasteiger partial charge in [0, 0.05) is 44.1 Å². The van der Waals surface area contributed by atoms with E-state index in [4.69, 9.17) is 4.74 Å². The molecule has 3 rings (SSSR count). The molecule has 1 aliphatic rings. The van der Waals surface area contributed by atoms with Crippen molar-refractivity contribution in [2.75, 3.05) is 31.2 Å². The summed E-state index contributed by atoms with van der Waals surface area (Å²) >= 11 is 0. The maximum atomic E-state index is 13.4. The van der Waals surface area contributed by atoms with Crippen LogP contribution in [0.15, 0.2) is 60.3 Å². The molecule has 0 atom stereocenters. The summed E-state index contributed by atoms with van der Waals surface area (Å²) in [5.41, 5.74) is 1.72. The molecule has 0 bridgehead atoms. The minimum absolute atomic E-state index is 0.0772. The Morgan fingerprint density at radius 2 is 1.68 bits per heavy atom. The molecule has 0 N–H and O–H groups in total. The summed E-state index contributed by atoms with van der Waals surface area (Å²) in [7, 11) is 0. The SMILES string of the molecule is CCOCCCN1C(=O)C(c2ccc([N+](=O)[O-])cc2)=C(N(CC)c2ccccc2)C1=O. The zero-order chi connectivity index (χ0) is 22.4. The van der Waals surface area contributed by atoms with Crippen LogP contribution in [0.2, 0.25) is 0 Å². The molecule has 162 valence electrons. The van der Waals surface area contributed by atoms with E-state index in [0.717, 1.165) is 5.69 Å². The van der Waals surface area contributed by atoms with E-state index in [0.29, 0.717) is 31.7 Å². The topological polar surface area (TPSA) is 93.0 Å².